The summed E-state index contributed by atoms with van der Waals surface area (Å²) in [6.45, 7) is 0. The molecule has 0 bridgehead atoms. The first-order chi connectivity index (χ1) is 11.1. The smallest absolute Gasteiger partial charge is 0.259 e. The van der Waals surface area contributed by atoms with Crippen LogP contribution in [-0.4, -0.2) is 15.1 Å². The Morgan fingerprint density at radius 2 is 1.87 bits per heavy atom. The molecule has 3 rings (SSSR count). The van der Waals surface area contributed by atoms with E-state index in [1.54, 1.807) is 36.4 Å². The van der Waals surface area contributed by atoms with E-state index in [9.17, 15) is 15.2 Å². The maximum Gasteiger partial charge on any atom is 0.259 e. The third kappa shape index (κ3) is 2.83. The van der Waals surface area contributed by atoms with E-state index in [4.69, 9.17) is 0 Å². The standard InChI is InChI=1S/C17H10IN3O2/c18-13-7-3-1-5-10(13)15(22)12(9-19)16-20-14-8-4-2-6-11(14)17(23)21-16/h1-8,22H,(H,20,21,23). The Morgan fingerprint density at radius 1 is 1.17 bits per heavy atom. The molecule has 0 saturated heterocycles. The minimum absolute atomic E-state index is 0.0494. The minimum atomic E-state index is -0.353. The number of halogens is 1. The van der Waals surface area contributed by atoms with E-state index in [2.05, 4.69) is 32.6 Å². The molecule has 23 heavy (non-hydrogen) atoms. The summed E-state index contributed by atoms with van der Waals surface area (Å²) in [6, 6.07) is 15.9. The van der Waals surface area contributed by atoms with Crippen LogP contribution in [0.3, 0.4) is 0 Å². The van der Waals surface area contributed by atoms with Gasteiger partial charge in [0.25, 0.3) is 5.56 Å². The molecule has 3 aromatic rings. The summed E-state index contributed by atoms with van der Waals surface area (Å²) in [5.41, 5.74) is 0.556. The number of aliphatic hydroxyl groups is 1. The van der Waals surface area contributed by atoms with Crippen molar-refractivity contribution in [2.45, 2.75) is 0 Å². The Bertz CT molecular complexity index is 1030. The summed E-state index contributed by atoms with van der Waals surface area (Å²) in [4.78, 5) is 19.0. The second kappa shape index (κ2) is 6.22. The Hall–Kier alpha value is -2.66. The van der Waals surface area contributed by atoms with Gasteiger partial charge in [0.15, 0.2) is 5.82 Å². The van der Waals surface area contributed by atoms with Gasteiger partial charge in [0.2, 0.25) is 0 Å². The molecule has 0 aliphatic carbocycles. The fourth-order valence-corrected chi connectivity index (χ4v) is 2.85. The molecule has 112 valence electrons. The zero-order valence-corrected chi connectivity index (χ0v) is 13.9. The maximum absolute atomic E-state index is 12.1. The Labute approximate surface area is 145 Å². The van der Waals surface area contributed by atoms with Crippen molar-refractivity contribution in [3.05, 3.63) is 73.8 Å². The molecule has 6 heteroatoms. The monoisotopic (exact) mass is 415 g/mol. The summed E-state index contributed by atoms with van der Waals surface area (Å²) >= 11 is 2.07. The largest absolute Gasteiger partial charge is 0.506 e. The van der Waals surface area contributed by atoms with E-state index in [0.29, 0.717) is 16.5 Å². The molecular weight excluding hydrogens is 405 g/mol. The molecule has 0 radical (unpaired) electrons. The number of nitrogens with one attached hydrogen (secondary N) is 1. The second-order valence-corrected chi connectivity index (χ2v) is 5.91. The van der Waals surface area contributed by atoms with Crippen LogP contribution in [0.5, 0.6) is 0 Å². The van der Waals surface area contributed by atoms with Gasteiger partial charge in [-0.05, 0) is 40.8 Å². The van der Waals surface area contributed by atoms with E-state index in [-0.39, 0.29) is 22.7 Å². The molecular formula is C17H10IN3O2. The third-order valence-corrected chi connectivity index (χ3v) is 4.27. The number of hydrogen-bond donors (Lipinski definition) is 2. The summed E-state index contributed by atoms with van der Waals surface area (Å²) < 4.78 is 0.790. The molecule has 1 heterocycles. The first-order valence-corrected chi connectivity index (χ1v) is 7.77. The molecule has 0 unspecified atom stereocenters. The van der Waals surface area contributed by atoms with Crippen LogP contribution in [-0.2, 0) is 0 Å². The summed E-state index contributed by atoms with van der Waals surface area (Å²) in [6.07, 6.45) is 0. The van der Waals surface area contributed by atoms with Crippen LogP contribution in [0.25, 0.3) is 22.2 Å². The molecule has 0 aliphatic rings. The van der Waals surface area contributed by atoms with Gasteiger partial charge in [-0.1, -0.05) is 30.3 Å². The number of fused-ring (bicyclic) bond motifs is 1. The van der Waals surface area contributed by atoms with Crippen molar-refractivity contribution in [2.75, 3.05) is 0 Å². The summed E-state index contributed by atoms with van der Waals surface area (Å²) in [7, 11) is 0. The van der Waals surface area contributed by atoms with E-state index in [0.717, 1.165) is 3.57 Å². The van der Waals surface area contributed by atoms with Gasteiger partial charge in [-0.2, -0.15) is 5.26 Å². The van der Waals surface area contributed by atoms with Crippen LogP contribution in [0.15, 0.2) is 53.3 Å². The number of allylic oxidation sites excluding steroid dienone is 1. The Kier molecular flexibility index (Phi) is 4.12. The van der Waals surface area contributed by atoms with Crippen LogP contribution < -0.4 is 5.56 Å². The van der Waals surface area contributed by atoms with Gasteiger partial charge in [-0.25, -0.2) is 4.98 Å². The van der Waals surface area contributed by atoms with Crippen LogP contribution in [0.1, 0.15) is 11.4 Å². The van der Waals surface area contributed by atoms with E-state index in [1.807, 2.05) is 18.2 Å². The number of hydrogen-bond acceptors (Lipinski definition) is 4. The normalized spacial score (nSPS) is 11.8. The summed E-state index contributed by atoms with van der Waals surface area (Å²) in [5, 5.41) is 20.3. The molecule has 0 atom stereocenters. The lowest BCUT2D eigenvalue weighted by atomic mass is 10.1. The van der Waals surface area contributed by atoms with Gasteiger partial charge in [0.1, 0.15) is 17.4 Å². The van der Waals surface area contributed by atoms with Gasteiger partial charge < -0.3 is 10.1 Å². The lowest BCUT2D eigenvalue weighted by Crippen LogP contribution is -2.11. The van der Waals surface area contributed by atoms with Crippen molar-refractivity contribution in [1.82, 2.24) is 9.97 Å². The van der Waals surface area contributed by atoms with Crippen LogP contribution in [0, 0.1) is 14.9 Å². The lowest BCUT2D eigenvalue weighted by molar-refractivity contribution is 0.513. The summed E-state index contributed by atoms with van der Waals surface area (Å²) in [5.74, 6) is -0.163. The minimum Gasteiger partial charge on any atom is -0.506 e. The average molecular weight is 415 g/mol. The number of H-pyrrole nitrogens is 1. The molecule has 2 aromatic carbocycles. The fourth-order valence-electron chi connectivity index (χ4n) is 2.21. The second-order valence-electron chi connectivity index (χ2n) is 4.75. The van der Waals surface area contributed by atoms with Crippen LogP contribution in [0.2, 0.25) is 0 Å². The van der Waals surface area contributed by atoms with E-state index < -0.39 is 0 Å². The lowest BCUT2D eigenvalue weighted by Gasteiger charge is -2.07. The predicted octanol–water partition coefficient (Wildman–Crippen LogP) is 3.48. The van der Waals surface area contributed by atoms with Crippen molar-refractivity contribution >= 4 is 44.8 Å². The number of rotatable bonds is 2. The third-order valence-electron chi connectivity index (χ3n) is 3.33. The highest BCUT2D eigenvalue weighted by Crippen LogP contribution is 2.25. The highest BCUT2D eigenvalue weighted by molar-refractivity contribution is 14.1. The first kappa shape index (κ1) is 15.2. The van der Waals surface area contributed by atoms with Gasteiger partial charge in [0, 0.05) is 9.13 Å². The van der Waals surface area contributed by atoms with Crippen LogP contribution in [0.4, 0.5) is 0 Å². The molecule has 0 amide bonds. The molecule has 0 aliphatic heterocycles. The molecule has 0 spiro atoms. The van der Waals surface area contributed by atoms with Crippen molar-refractivity contribution in [2.24, 2.45) is 0 Å². The number of aromatic nitrogens is 2. The Balaban J connectivity index is 2.27. The fraction of sp³-hybridized carbons (Fsp3) is 0. The molecule has 1 aromatic heterocycles. The maximum atomic E-state index is 12.1. The highest BCUT2D eigenvalue weighted by Gasteiger charge is 2.16. The van der Waals surface area contributed by atoms with Gasteiger partial charge in [-0.15, -0.1) is 0 Å². The predicted molar refractivity (Wildman–Crippen MR) is 96.6 cm³/mol. The van der Waals surface area contributed by atoms with Crippen molar-refractivity contribution in [3.8, 4) is 6.07 Å². The average Bonchev–Trinajstić information content (AvgIpc) is 2.56. The van der Waals surface area contributed by atoms with Gasteiger partial charge >= 0.3 is 0 Å². The zero-order valence-electron chi connectivity index (χ0n) is 11.7. The number of nitriles is 1. The molecule has 0 saturated carbocycles. The number of nitrogens with zero attached hydrogens (tertiary/aromatic N) is 2. The number of para-hydroxylation sites is 1. The van der Waals surface area contributed by atoms with Crippen LogP contribution >= 0.6 is 22.6 Å². The highest BCUT2D eigenvalue weighted by atomic mass is 127. The number of aliphatic hydroxyl groups excluding tert-OH is 1. The topological polar surface area (TPSA) is 89.8 Å². The van der Waals surface area contributed by atoms with E-state index in [1.165, 1.54) is 0 Å². The molecule has 2 N–H and O–H groups in total. The number of benzene rings is 2. The van der Waals surface area contributed by atoms with E-state index >= 15 is 0 Å². The van der Waals surface area contributed by atoms with Crippen molar-refractivity contribution in [3.63, 3.8) is 0 Å². The van der Waals surface area contributed by atoms with Gasteiger partial charge in [-0.3, -0.25) is 4.79 Å². The quantitative estimate of drug-likeness (QED) is 0.381. The van der Waals surface area contributed by atoms with Crippen molar-refractivity contribution < 1.29 is 5.11 Å². The Morgan fingerprint density at radius 3 is 2.61 bits per heavy atom. The molecule has 0 fully saturated rings. The van der Waals surface area contributed by atoms with Crippen molar-refractivity contribution in [1.29, 1.82) is 5.26 Å². The molecule has 5 nitrogen and oxygen atoms in total. The first-order valence-electron chi connectivity index (χ1n) is 6.69. The zero-order chi connectivity index (χ0) is 16.4. The van der Waals surface area contributed by atoms with Gasteiger partial charge in [0.05, 0.1) is 10.9 Å². The number of aromatic amines is 1. The SMILES string of the molecule is N#CC(=C(O)c1ccccc1I)c1nc2ccccc2c(=O)[nH]1.